The molecular formula is C16H25N5O. The quantitative estimate of drug-likeness (QED) is 0.868. The van der Waals surface area contributed by atoms with Crippen LogP contribution in [-0.4, -0.2) is 46.3 Å². The molecule has 22 heavy (non-hydrogen) atoms. The molecule has 0 spiro atoms. The maximum Gasteiger partial charge on any atom is 0.165 e. The molecule has 120 valence electrons. The van der Waals surface area contributed by atoms with Crippen LogP contribution in [0.5, 0.6) is 0 Å². The number of hydrogen-bond acceptors (Lipinski definition) is 5. The van der Waals surface area contributed by atoms with Crippen molar-refractivity contribution in [3.63, 3.8) is 0 Å². The standard InChI is InChI=1S/C16H25N5O/c1-16(2,3)15-18-13(20-7-5-6-8-20)12-14(19-15)21(11-17-12)9-10-22-4/h11H,5-10H2,1-4H3. The highest BCUT2D eigenvalue weighted by Gasteiger charge is 2.25. The second-order valence-electron chi connectivity index (χ2n) is 6.92. The van der Waals surface area contributed by atoms with Crippen LogP contribution in [0.1, 0.15) is 39.4 Å². The van der Waals surface area contributed by atoms with E-state index in [1.54, 1.807) is 7.11 Å². The summed E-state index contributed by atoms with van der Waals surface area (Å²) < 4.78 is 7.25. The largest absolute Gasteiger partial charge is 0.383 e. The van der Waals surface area contributed by atoms with Crippen molar-refractivity contribution in [3.8, 4) is 0 Å². The summed E-state index contributed by atoms with van der Waals surface area (Å²) in [6.45, 7) is 9.97. The Morgan fingerprint density at radius 1 is 1.18 bits per heavy atom. The zero-order valence-corrected chi connectivity index (χ0v) is 14.0. The molecule has 3 rings (SSSR count). The molecule has 0 saturated carbocycles. The van der Waals surface area contributed by atoms with Gasteiger partial charge in [-0.3, -0.25) is 0 Å². The monoisotopic (exact) mass is 303 g/mol. The summed E-state index contributed by atoms with van der Waals surface area (Å²) in [5.41, 5.74) is 1.74. The third-order valence-corrected chi connectivity index (χ3v) is 4.06. The Hall–Kier alpha value is -1.69. The van der Waals surface area contributed by atoms with Crippen molar-refractivity contribution in [3.05, 3.63) is 12.2 Å². The first-order chi connectivity index (χ1) is 10.5. The average Bonchev–Trinajstić information content (AvgIpc) is 3.13. The van der Waals surface area contributed by atoms with E-state index < -0.39 is 0 Å². The highest BCUT2D eigenvalue weighted by atomic mass is 16.5. The molecule has 0 N–H and O–H groups in total. The first kappa shape index (κ1) is 15.2. The van der Waals surface area contributed by atoms with Gasteiger partial charge in [-0.15, -0.1) is 0 Å². The molecule has 2 aromatic heterocycles. The maximum atomic E-state index is 5.19. The van der Waals surface area contributed by atoms with E-state index in [1.807, 2.05) is 6.33 Å². The molecular weight excluding hydrogens is 278 g/mol. The number of aromatic nitrogens is 4. The lowest BCUT2D eigenvalue weighted by atomic mass is 9.96. The maximum absolute atomic E-state index is 5.19. The zero-order valence-electron chi connectivity index (χ0n) is 14.0. The Bertz CT molecular complexity index is 652. The summed E-state index contributed by atoms with van der Waals surface area (Å²) >= 11 is 0. The molecule has 0 radical (unpaired) electrons. The van der Waals surface area contributed by atoms with E-state index in [2.05, 4.69) is 35.2 Å². The normalized spacial score (nSPS) is 15.9. The highest BCUT2D eigenvalue weighted by Crippen LogP contribution is 2.29. The number of anilines is 1. The van der Waals surface area contributed by atoms with Gasteiger partial charge in [0.1, 0.15) is 5.82 Å². The second kappa shape index (κ2) is 5.83. The Balaban J connectivity index is 2.13. The summed E-state index contributed by atoms with van der Waals surface area (Å²) in [7, 11) is 1.71. The predicted molar refractivity (Wildman–Crippen MR) is 87.3 cm³/mol. The average molecular weight is 303 g/mol. The predicted octanol–water partition coefficient (Wildman–Crippen LogP) is 2.37. The van der Waals surface area contributed by atoms with Gasteiger partial charge in [0.15, 0.2) is 17.0 Å². The van der Waals surface area contributed by atoms with Crippen LogP contribution < -0.4 is 4.90 Å². The first-order valence-electron chi connectivity index (χ1n) is 7.98. The Labute approximate surface area is 131 Å². The fraction of sp³-hybridized carbons (Fsp3) is 0.688. The molecule has 2 aromatic rings. The number of fused-ring (bicyclic) bond motifs is 1. The number of methoxy groups -OCH3 is 1. The van der Waals surface area contributed by atoms with Gasteiger partial charge < -0.3 is 14.2 Å². The van der Waals surface area contributed by atoms with Crippen LogP contribution >= 0.6 is 0 Å². The zero-order chi connectivity index (χ0) is 15.7. The van der Waals surface area contributed by atoms with Crippen LogP contribution in [0.4, 0.5) is 5.82 Å². The summed E-state index contributed by atoms with van der Waals surface area (Å²) in [5.74, 6) is 1.87. The fourth-order valence-corrected chi connectivity index (χ4v) is 2.77. The molecule has 0 atom stereocenters. The number of imidazole rings is 1. The lowest BCUT2D eigenvalue weighted by Gasteiger charge is -2.22. The summed E-state index contributed by atoms with van der Waals surface area (Å²) in [5, 5.41) is 0. The Kier molecular flexibility index (Phi) is 4.04. The van der Waals surface area contributed by atoms with E-state index >= 15 is 0 Å². The molecule has 1 fully saturated rings. The second-order valence-corrected chi connectivity index (χ2v) is 6.92. The van der Waals surface area contributed by atoms with E-state index in [0.29, 0.717) is 6.61 Å². The Morgan fingerprint density at radius 2 is 1.91 bits per heavy atom. The van der Waals surface area contributed by atoms with Gasteiger partial charge in [-0.05, 0) is 12.8 Å². The third-order valence-electron chi connectivity index (χ3n) is 4.06. The van der Waals surface area contributed by atoms with Gasteiger partial charge in [0.25, 0.3) is 0 Å². The van der Waals surface area contributed by atoms with Crippen LogP contribution in [0.25, 0.3) is 11.2 Å². The SMILES string of the molecule is COCCn1cnc2c(N3CCCC3)nc(C(C)(C)C)nc21. The molecule has 0 bridgehead atoms. The molecule has 1 aliphatic rings. The molecule has 6 nitrogen and oxygen atoms in total. The molecule has 0 aromatic carbocycles. The minimum absolute atomic E-state index is 0.0843. The number of rotatable bonds is 4. The minimum Gasteiger partial charge on any atom is -0.383 e. The molecule has 0 unspecified atom stereocenters. The van der Waals surface area contributed by atoms with Crippen molar-refractivity contribution in [1.29, 1.82) is 0 Å². The molecule has 1 saturated heterocycles. The van der Waals surface area contributed by atoms with E-state index in [1.165, 1.54) is 12.8 Å². The molecule has 1 aliphatic heterocycles. The van der Waals surface area contributed by atoms with Gasteiger partial charge in [0.2, 0.25) is 0 Å². The number of ether oxygens (including phenoxy) is 1. The van der Waals surface area contributed by atoms with E-state index in [0.717, 1.165) is 42.4 Å². The van der Waals surface area contributed by atoms with Crippen molar-refractivity contribution in [2.45, 2.75) is 45.6 Å². The van der Waals surface area contributed by atoms with E-state index in [9.17, 15) is 0 Å². The van der Waals surface area contributed by atoms with Gasteiger partial charge in [-0.2, -0.15) is 0 Å². The minimum atomic E-state index is -0.0843. The van der Waals surface area contributed by atoms with Gasteiger partial charge in [-0.1, -0.05) is 20.8 Å². The molecule has 3 heterocycles. The third kappa shape index (κ3) is 2.79. The lowest BCUT2D eigenvalue weighted by Crippen LogP contribution is -2.24. The van der Waals surface area contributed by atoms with Crippen molar-refractivity contribution >= 4 is 17.0 Å². The lowest BCUT2D eigenvalue weighted by molar-refractivity contribution is 0.188. The van der Waals surface area contributed by atoms with Crippen molar-refractivity contribution in [1.82, 2.24) is 19.5 Å². The topological polar surface area (TPSA) is 56.1 Å². The summed E-state index contributed by atoms with van der Waals surface area (Å²) in [4.78, 5) is 16.6. The van der Waals surface area contributed by atoms with Crippen LogP contribution in [0.15, 0.2) is 6.33 Å². The number of hydrogen-bond donors (Lipinski definition) is 0. The first-order valence-corrected chi connectivity index (χ1v) is 7.98. The Morgan fingerprint density at radius 3 is 2.55 bits per heavy atom. The smallest absolute Gasteiger partial charge is 0.165 e. The summed E-state index contributed by atoms with van der Waals surface area (Å²) in [6, 6.07) is 0. The van der Waals surface area contributed by atoms with E-state index in [4.69, 9.17) is 14.7 Å². The molecule has 6 heteroatoms. The highest BCUT2D eigenvalue weighted by molar-refractivity contribution is 5.84. The number of nitrogens with zero attached hydrogens (tertiary/aromatic N) is 5. The fourth-order valence-electron chi connectivity index (χ4n) is 2.77. The van der Waals surface area contributed by atoms with Gasteiger partial charge in [-0.25, -0.2) is 15.0 Å². The van der Waals surface area contributed by atoms with Crippen LogP contribution in [0, 0.1) is 0 Å². The van der Waals surface area contributed by atoms with Gasteiger partial charge in [0.05, 0.1) is 12.9 Å². The van der Waals surface area contributed by atoms with Crippen molar-refractivity contribution in [2.75, 3.05) is 31.7 Å². The van der Waals surface area contributed by atoms with E-state index in [-0.39, 0.29) is 5.41 Å². The van der Waals surface area contributed by atoms with Gasteiger partial charge in [0, 0.05) is 32.2 Å². The summed E-state index contributed by atoms with van der Waals surface area (Å²) in [6.07, 6.45) is 4.30. The van der Waals surface area contributed by atoms with Crippen LogP contribution in [0.2, 0.25) is 0 Å². The van der Waals surface area contributed by atoms with Crippen molar-refractivity contribution in [2.24, 2.45) is 0 Å². The van der Waals surface area contributed by atoms with Crippen LogP contribution in [-0.2, 0) is 16.7 Å². The van der Waals surface area contributed by atoms with Gasteiger partial charge >= 0.3 is 0 Å². The molecule has 0 aliphatic carbocycles. The molecule has 0 amide bonds. The van der Waals surface area contributed by atoms with Crippen LogP contribution in [0.3, 0.4) is 0 Å². The van der Waals surface area contributed by atoms with Crippen molar-refractivity contribution < 1.29 is 4.74 Å².